The van der Waals surface area contributed by atoms with Gasteiger partial charge in [0.1, 0.15) is 24.3 Å². The second-order valence-corrected chi connectivity index (χ2v) is 12.2. The topological polar surface area (TPSA) is 162 Å². The van der Waals surface area contributed by atoms with Crippen LogP contribution in [0.3, 0.4) is 0 Å². The first-order valence-corrected chi connectivity index (χ1v) is 15.8. The van der Waals surface area contributed by atoms with Gasteiger partial charge in [0.05, 0.1) is 18.7 Å². The number of esters is 1. The molecule has 12 heteroatoms. The molecule has 242 valence electrons. The van der Waals surface area contributed by atoms with Crippen molar-refractivity contribution in [2.45, 2.75) is 77.0 Å². The van der Waals surface area contributed by atoms with Crippen molar-refractivity contribution < 1.29 is 33.4 Å². The highest BCUT2D eigenvalue weighted by Crippen LogP contribution is 2.33. The average Bonchev–Trinajstić information content (AvgIpc) is 3.60. The van der Waals surface area contributed by atoms with E-state index in [0.29, 0.717) is 19.4 Å². The summed E-state index contributed by atoms with van der Waals surface area (Å²) in [5.41, 5.74) is 9.69. The van der Waals surface area contributed by atoms with Crippen LogP contribution in [0.15, 0.2) is 36.4 Å². The van der Waals surface area contributed by atoms with Crippen LogP contribution in [0.4, 0.5) is 0 Å². The maximum atomic E-state index is 13.9. The molecule has 0 radical (unpaired) electrons. The highest BCUT2D eigenvalue weighted by Gasteiger charge is 2.45. The molecule has 5 rings (SSSR count). The van der Waals surface area contributed by atoms with Crippen LogP contribution in [-0.2, 0) is 39.8 Å². The summed E-state index contributed by atoms with van der Waals surface area (Å²) in [6.45, 7) is 4.12. The first-order valence-electron chi connectivity index (χ1n) is 15.8. The van der Waals surface area contributed by atoms with Gasteiger partial charge in [-0.25, -0.2) is 5.43 Å². The number of benzene rings is 1. The number of nitrogens with one attached hydrogen (secondary N) is 2. The number of fused-ring (bicyclic) bond motifs is 1. The normalized spacial score (nSPS) is 21.8. The summed E-state index contributed by atoms with van der Waals surface area (Å²) in [6.07, 6.45) is 7.70. The van der Waals surface area contributed by atoms with Crippen LogP contribution in [0.1, 0.15) is 63.6 Å². The number of carbonyl (C=O) groups is 4. The maximum Gasteiger partial charge on any atom is 0.321 e. The Morgan fingerprint density at radius 3 is 2.58 bits per heavy atom. The first kappa shape index (κ1) is 32.5. The number of hydrazine groups is 1. The monoisotopic (exact) mass is 621 g/mol. The second-order valence-electron chi connectivity index (χ2n) is 12.2. The first-order chi connectivity index (χ1) is 21.7. The molecule has 1 aliphatic carbocycles. The molecule has 0 bridgehead atoms. The van der Waals surface area contributed by atoms with Gasteiger partial charge in [-0.15, -0.1) is 0 Å². The van der Waals surface area contributed by atoms with Crippen LogP contribution < -0.4 is 16.5 Å². The molecular weight excluding hydrogens is 578 g/mol. The van der Waals surface area contributed by atoms with E-state index >= 15 is 0 Å². The highest BCUT2D eigenvalue weighted by molar-refractivity contribution is 5.92. The van der Waals surface area contributed by atoms with Crippen molar-refractivity contribution in [3.05, 3.63) is 47.7 Å². The number of pyridine rings is 1. The number of rotatable bonds is 10. The van der Waals surface area contributed by atoms with E-state index in [0.717, 1.165) is 54.3 Å². The lowest BCUT2D eigenvalue weighted by Crippen LogP contribution is -2.61. The Morgan fingerprint density at radius 1 is 1.13 bits per heavy atom. The largest absolute Gasteiger partial charge is 0.451 e. The van der Waals surface area contributed by atoms with Gasteiger partial charge in [0.2, 0.25) is 5.91 Å². The molecule has 0 spiro atoms. The lowest BCUT2D eigenvalue weighted by atomic mass is 9.87. The van der Waals surface area contributed by atoms with Gasteiger partial charge >= 0.3 is 5.97 Å². The number of aromatic nitrogens is 1. The summed E-state index contributed by atoms with van der Waals surface area (Å²) < 4.78 is 17.2. The number of hydrogen-bond acceptors (Lipinski definition) is 9. The Morgan fingerprint density at radius 2 is 1.87 bits per heavy atom. The smallest absolute Gasteiger partial charge is 0.321 e. The van der Waals surface area contributed by atoms with Crippen molar-refractivity contribution >= 4 is 40.7 Å². The zero-order valence-electron chi connectivity index (χ0n) is 26.0. The Balaban J connectivity index is 1.32. The van der Waals surface area contributed by atoms with Gasteiger partial charge in [0, 0.05) is 23.5 Å². The minimum Gasteiger partial charge on any atom is -0.451 e. The molecule has 3 unspecified atom stereocenters. The Bertz CT molecular complexity index is 1430. The summed E-state index contributed by atoms with van der Waals surface area (Å²) in [5.74, 6) is -2.30. The molecule has 2 saturated heterocycles. The van der Waals surface area contributed by atoms with Gasteiger partial charge < -0.3 is 25.3 Å². The highest BCUT2D eigenvalue weighted by atomic mass is 16.7. The molecule has 1 saturated carbocycles. The number of nitrogens with two attached hydrogens (primary N) is 1. The Hall–Kier alpha value is -3.87. The number of nitrogens with zero attached hydrogens (tertiary/aromatic N) is 2. The molecule has 12 nitrogen and oxygen atoms in total. The average molecular weight is 622 g/mol. The van der Waals surface area contributed by atoms with E-state index in [1.165, 1.54) is 5.01 Å². The molecule has 3 atom stereocenters. The molecule has 3 heterocycles. The van der Waals surface area contributed by atoms with Crippen molar-refractivity contribution in [1.82, 2.24) is 20.7 Å². The molecule has 4 N–H and O–H groups in total. The number of ether oxygens (including phenoxy) is 3. The summed E-state index contributed by atoms with van der Waals surface area (Å²) in [5, 5.41) is 5.09. The summed E-state index contributed by atoms with van der Waals surface area (Å²) in [4.78, 5) is 57.1. The molecule has 3 aliphatic rings. The second kappa shape index (κ2) is 14.5. The maximum absolute atomic E-state index is 13.9. The molecule has 1 aromatic heterocycles. The van der Waals surface area contributed by atoms with Crippen LogP contribution in [0.2, 0.25) is 0 Å². The molecule has 3 fully saturated rings. The fourth-order valence-electron chi connectivity index (χ4n) is 6.16. The molecule has 3 amide bonds. The van der Waals surface area contributed by atoms with E-state index in [2.05, 4.69) is 17.7 Å². The van der Waals surface area contributed by atoms with Crippen LogP contribution in [0, 0.1) is 11.3 Å². The van der Waals surface area contributed by atoms with Crippen molar-refractivity contribution in [2.75, 3.05) is 26.6 Å². The quantitative estimate of drug-likeness (QED) is 0.338. The summed E-state index contributed by atoms with van der Waals surface area (Å²) in [7, 11) is 0. The number of hydrogen-bond donors (Lipinski definition) is 3. The Kier molecular flexibility index (Phi) is 10.5. The molecule has 2 aliphatic heterocycles. The van der Waals surface area contributed by atoms with Crippen molar-refractivity contribution in [2.24, 2.45) is 17.1 Å². The van der Waals surface area contributed by atoms with Gasteiger partial charge in [-0.05, 0) is 56.7 Å². The van der Waals surface area contributed by atoms with Gasteiger partial charge in [-0.1, -0.05) is 50.1 Å². The van der Waals surface area contributed by atoms with Gasteiger partial charge in [0.15, 0.2) is 6.10 Å². The predicted molar refractivity (Wildman–Crippen MR) is 166 cm³/mol. The minimum absolute atomic E-state index is 0.0314. The van der Waals surface area contributed by atoms with E-state index in [1.54, 1.807) is 13.0 Å². The van der Waals surface area contributed by atoms with E-state index < -0.39 is 47.3 Å². The molecule has 1 aromatic carbocycles. The number of carbonyl (C=O) groups excluding carboxylic acids is 4. The van der Waals surface area contributed by atoms with Crippen LogP contribution in [0.5, 0.6) is 0 Å². The Labute approximate surface area is 263 Å². The third-order valence-corrected chi connectivity index (χ3v) is 8.87. The molecule has 45 heavy (non-hydrogen) atoms. The van der Waals surface area contributed by atoms with Gasteiger partial charge in [-0.2, -0.15) is 0 Å². The third-order valence-electron chi connectivity index (χ3n) is 8.87. The predicted octanol–water partition coefficient (Wildman–Crippen LogP) is 2.39. The van der Waals surface area contributed by atoms with Crippen molar-refractivity contribution in [3.63, 3.8) is 0 Å². The SMILES string of the molecule is CCc1ccc2ccc(/C=C/C3(C(=O)OC(C(=O)NC(C)C(=O)N4CCCC(C(N)=O)N4)C4CCCC4)COCOC3)cc2n1. The third kappa shape index (κ3) is 7.69. The van der Waals surface area contributed by atoms with Crippen molar-refractivity contribution in [1.29, 1.82) is 0 Å². The van der Waals surface area contributed by atoms with Crippen LogP contribution in [-0.4, -0.2) is 78.4 Å². The van der Waals surface area contributed by atoms with Gasteiger partial charge in [-0.3, -0.25) is 29.2 Å². The van der Waals surface area contributed by atoms with Crippen LogP contribution >= 0.6 is 0 Å². The number of amides is 3. The summed E-state index contributed by atoms with van der Waals surface area (Å²) >= 11 is 0. The zero-order chi connectivity index (χ0) is 32.0. The standard InChI is InChI=1S/C33H43N5O7/c1-3-25-13-12-23-11-10-22(17-27(23)36-25)14-15-33(18-43-20-44-19-33)32(42)45-28(24-7-4-5-8-24)30(40)35-21(2)31(41)38-16-6-9-26(37-38)29(34)39/h10-15,17,21,24,26,28,37H,3-9,16,18-20H2,1-2H3,(H2,34,39)(H,35,40)/b15-14+. The van der Waals surface area contributed by atoms with Gasteiger partial charge in [0.25, 0.3) is 11.8 Å². The van der Waals surface area contributed by atoms with Crippen molar-refractivity contribution in [3.8, 4) is 0 Å². The zero-order valence-corrected chi connectivity index (χ0v) is 26.0. The molecular formula is C33H43N5O7. The van der Waals surface area contributed by atoms with Crippen LogP contribution in [0.25, 0.3) is 17.0 Å². The summed E-state index contributed by atoms with van der Waals surface area (Å²) in [6, 6.07) is 8.37. The van der Waals surface area contributed by atoms with E-state index in [1.807, 2.05) is 36.4 Å². The number of aryl methyl sites for hydroxylation is 1. The van der Waals surface area contributed by atoms with E-state index in [-0.39, 0.29) is 25.9 Å². The fourth-order valence-corrected chi connectivity index (χ4v) is 6.16. The fraction of sp³-hybridized carbons (Fsp3) is 0.545. The lowest BCUT2D eigenvalue weighted by molar-refractivity contribution is -0.193. The molecule has 2 aromatic rings. The van der Waals surface area contributed by atoms with E-state index in [4.69, 9.17) is 24.9 Å². The lowest BCUT2D eigenvalue weighted by Gasteiger charge is -2.35. The van der Waals surface area contributed by atoms with E-state index in [9.17, 15) is 19.2 Å². The minimum atomic E-state index is -1.27. The number of primary amides is 1.